The van der Waals surface area contributed by atoms with Crippen LogP contribution in [0.1, 0.15) is 47.0 Å². The van der Waals surface area contributed by atoms with Crippen LogP contribution in [0.5, 0.6) is 0 Å². The molecule has 0 aromatic heterocycles. The second-order valence-corrected chi connectivity index (χ2v) is 9.09. The van der Waals surface area contributed by atoms with Crippen LogP contribution >= 0.6 is 0 Å². The number of carbonyl (C=O) groups excluding carboxylic acids is 1. The molecule has 0 saturated carbocycles. The molecule has 0 bridgehead atoms. The molecule has 2 nitrogen and oxygen atoms in total. The monoisotopic (exact) mass is 230 g/mol. The fraction of sp³-hybridized carbons (Fsp3) is 0.917. The van der Waals surface area contributed by atoms with E-state index in [1.807, 2.05) is 13.8 Å². The number of rotatable bonds is 7. The molecule has 0 saturated heterocycles. The van der Waals surface area contributed by atoms with Gasteiger partial charge in [0.2, 0.25) is 0 Å². The Bertz CT molecular complexity index is 200. The van der Waals surface area contributed by atoms with Gasteiger partial charge in [-0.15, -0.1) is 0 Å². The molecule has 1 unspecified atom stereocenters. The van der Waals surface area contributed by atoms with Crippen molar-refractivity contribution < 1.29 is 9.22 Å². The Morgan fingerprint density at radius 2 is 1.80 bits per heavy atom. The summed E-state index contributed by atoms with van der Waals surface area (Å²) in [6.07, 6.45) is 2.80. The largest absolute Gasteiger partial charge is 0.414 e. The smallest absolute Gasteiger partial charge is 0.197 e. The maximum Gasteiger partial charge on any atom is 0.197 e. The number of hydrogen-bond acceptors (Lipinski definition) is 2. The topological polar surface area (TPSA) is 26.3 Å². The van der Waals surface area contributed by atoms with E-state index in [0.29, 0.717) is 12.2 Å². The summed E-state index contributed by atoms with van der Waals surface area (Å²) in [7, 11) is -1.85. The third kappa shape index (κ3) is 4.93. The van der Waals surface area contributed by atoms with Crippen LogP contribution in [0.15, 0.2) is 0 Å². The molecular weight excluding hydrogens is 204 g/mol. The van der Waals surface area contributed by atoms with Crippen molar-refractivity contribution in [1.82, 2.24) is 0 Å². The van der Waals surface area contributed by atoms with Crippen LogP contribution in [-0.4, -0.2) is 20.2 Å². The quantitative estimate of drug-likeness (QED) is 0.622. The molecular formula is C12H26O2Si. The maximum absolute atomic E-state index is 12.0. The highest BCUT2D eigenvalue weighted by atomic mass is 28.4. The summed E-state index contributed by atoms with van der Waals surface area (Å²) >= 11 is 0. The van der Waals surface area contributed by atoms with Crippen molar-refractivity contribution in [2.45, 2.75) is 71.7 Å². The Morgan fingerprint density at radius 3 is 2.13 bits per heavy atom. The first-order valence-electron chi connectivity index (χ1n) is 6.05. The van der Waals surface area contributed by atoms with Crippen LogP contribution in [0.3, 0.4) is 0 Å². The number of hydrogen-bond donors (Lipinski definition) is 0. The lowest BCUT2D eigenvalue weighted by atomic mass is 10.1. The second-order valence-electron chi connectivity index (χ2n) is 4.95. The minimum absolute atomic E-state index is 0.167. The molecule has 0 radical (unpaired) electrons. The predicted octanol–water partition coefficient (Wildman–Crippen LogP) is 3.77. The summed E-state index contributed by atoms with van der Waals surface area (Å²) in [6, 6.07) is 0. The Morgan fingerprint density at radius 1 is 1.27 bits per heavy atom. The molecule has 0 rings (SSSR count). The van der Waals surface area contributed by atoms with Crippen LogP contribution < -0.4 is 0 Å². The van der Waals surface area contributed by atoms with Gasteiger partial charge in [-0.2, -0.15) is 0 Å². The van der Waals surface area contributed by atoms with Crippen LogP contribution in [0.2, 0.25) is 18.6 Å². The molecule has 0 aliphatic carbocycles. The molecule has 0 spiro atoms. The zero-order chi connectivity index (χ0) is 12.1. The Balaban J connectivity index is 4.56. The van der Waals surface area contributed by atoms with Gasteiger partial charge in [0.05, 0.1) is 0 Å². The lowest BCUT2D eigenvalue weighted by molar-refractivity contribution is -0.119. The van der Waals surface area contributed by atoms with E-state index in [1.165, 1.54) is 0 Å². The van der Waals surface area contributed by atoms with Crippen molar-refractivity contribution in [1.29, 1.82) is 0 Å². The molecule has 0 heterocycles. The molecule has 1 atom stereocenters. The first-order valence-corrected chi connectivity index (χ1v) is 9.04. The SMILES string of the molecule is CCCC(=O)C(CC)[Si](C)(C)OC(C)C. The third-order valence-corrected chi connectivity index (χ3v) is 6.16. The van der Waals surface area contributed by atoms with Crippen LogP contribution in [0.25, 0.3) is 0 Å². The first-order chi connectivity index (χ1) is 6.85. The van der Waals surface area contributed by atoms with Gasteiger partial charge in [-0.25, -0.2) is 0 Å². The molecule has 15 heavy (non-hydrogen) atoms. The summed E-state index contributed by atoms with van der Waals surface area (Å²) in [6.45, 7) is 12.6. The van der Waals surface area contributed by atoms with E-state index < -0.39 is 8.32 Å². The van der Waals surface area contributed by atoms with Gasteiger partial charge in [0.1, 0.15) is 5.78 Å². The van der Waals surface area contributed by atoms with E-state index in [4.69, 9.17) is 4.43 Å². The highest BCUT2D eigenvalue weighted by Crippen LogP contribution is 2.29. The Kier molecular flexibility index (Phi) is 6.37. The normalized spacial score (nSPS) is 14.3. The molecule has 0 amide bonds. The fourth-order valence-corrected chi connectivity index (χ4v) is 5.50. The van der Waals surface area contributed by atoms with Crippen LogP contribution in [-0.2, 0) is 9.22 Å². The highest BCUT2D eigenvalue weighted by molar-refractivity contribution is 6.76. The number of Topliss-reactive ketones (excluding diaryl/α,β-unsaturated/α-hetero) is 1. The van der Waals surface area contributed by atoms with Crippen molar-refractivity contribution in [3.05, 3.63) is 0 Å². The summed E-state index contributed by atoms with van der Waals surface area (Å²) < 4.78 is 5.98. The summed E-state index contributed by atoms with van der Waals surface area (Å²) in [5.74, 6) is 0.400. The Labute approximate surface area is 95.5 Å². The van der Waals surface area contributed by atoms with Gasteiger partial charge in [0, 0.05) is 18.1 Å². The minimum Gasteiger partial charge on any atom is -0.414 e. The van der Waals surface area contributed by atoms with Crippen molar-refractivity contribution in [3.63, 3.8) is 0 Å². The molecule has 0 aromatic carbocycles. The zero-order valence-corrected chi connectivity index (χ0v) is 12.1. The number of carbonyl (C=O) groups is 1. The standard InChI is InChI=1S/C12H26O2Si/c1-7-9-11(13)12(8-2)15(5,6)14-10(3)4/h10,12H,7-9H2,1-6H3. The molecule has 0 aliphatic heterocycles. The van der Waals surface area contributed by atoms with Gasteiger partial charge in [-0.05, 0) is 39.8 Å². The van der Waals surface area contributed by atoms with Gasteiger partial charge in [-0.3, -0.25) is 4.79 Å². The van der Waals surface area contributed by atoms with E-state index in [0.717, 1.165) is 12.8 Å². The molecule has 90 valence electrons. The maximum atomic E-state index is 12.0. The zero-order valence-electron chi connectivity index (χ0n) is 11.1. The minimum atomic E-state index is -1.85. The van der Waals surface area contributed by atoms with Crippen molar-refractivity contribution >= 4 is 14.1 Å². The molecule has 3 heteroatoms. The van der Waals surface area contributed by atoms with Gasteiger partial charge in [0.15, 0.2) is 8.32 Å². The predicted molar refractivity (Wildman–Crippen MR) is 67.7 cm³/mol. The summed E-state index contributed by atoms with van der Waals surface area (Å²) in [4.78, 5) is 12.0. The van der Waals surface area contributed by atoms with E-state index in [2.05, 4.69) is 26.9 Å². The van der Waals surface area contributed by atoms with Gasteiger partial charge < -0.3 is 4.43 Å². The fourth-order valence-electron chi connectivity index (χ4n) is 2.22. The molecule has 0 aliphatic rings. The van der Waals surface area contributed by atoms with Crippen LogP contribution in [0, 0.1) is 0 Å². The van der Waals surface area contributed by atoms with E-state index in [-0.39, 0.29) is 11.6 Å². The van der Waals surface area contributed by atoms with Crippen molar-refractivity contribution in [2.75, 3.05) is 0 Å². The van der Waals surface area contributed by atoms with Gasteiger partial charge >= 0.3 is 0 Å². The molecule has 0 N–H and O–H groups in total. The first kappa shape index (κ1) is 14.8. The average molecular weight is 230 g/mol. The Hall–Kier alpha value is -0.153. The van der Waals surface area contributed by atoms with Crippen LogP contribution in [0.4, 0.5) is 0 Å². The van der Waals surface area contributed by atoms with E-state index >= 15 is 0 Å². The second kappa shape index (κ2) is 6.43. The lowest BCUT2D eigenvalue weighted by Crippen LogP contribution is -2.42. The van der Waals surface area contributed by atoms with Gasteiger partial charge in [-0.1, -0.05) is 13.8 Å². The lowest BCUT2D eigenvalue weighted by Gasteiger charge is -2.32. The number of ketones is 1. The highest BCUT2D eigenvalue weighted by Gasteiger charge is 2.37. The van der Waals surface area contributed by atoms with Crippen molar-refractivity contribution in [2.24, 2.45) is 0 Å². The van der Waals surface area contributed by atoms with Gasteiger partial charge in [0.25, 0.3) is 0 Å². The molecule has 0 fully saturated rings. The average Bonchev–Trinajstić information content (AvgIpc) is 2.01. The third-order valence-electron chi connectivity index (χ3n) is 2.67. The van der Waals surface area contributed by atoms with E-state index in [9.17, 15) is 4.79 Å². The summed E-state index contributed by atoms with van der Waals surface area (Å²) in [5.41, 5.74) is 0.167. The molecule has 0 aromatic rings. The van der Waals surface area contributed by atoms with Crippen molar-refractivity contribution in [3.8, 4) is 0 Å². The van der Waals surface area contributed by atoms with E-state index in [1.54, 1.807) is 0 Å². The summed E-state index contributed by atoms with van der Waals surface area (Å²) in [5, 5.41) is 0.